The number of carbonyl (C=O) groups is 12. The number of hydrogen-bond acceptors (Lipinski definition) is 12. The molecule has 24 nitrogen and oxygen atoms in total. The molecule has 3 saturated carbocycles. The molecule has 1 spiro atoms. The normalized spacial score (nSPS) is 27.0. The van der Waals surface area contributed by atoms with Gasteiger partial charge in [0.1, 0.15) is 59.9 Å². The molecular formula is C72H110ClF5N12O12. The summed E-state index contributed by atoms with van der Waals surface area (Å²) in [7, 11) is 12.3. The van der Waals surface area contributed by atoms with Crippen molar-refractivity contribution in [3.63, 3.8) is 0 Å². The molecule has 5 aliphatic rings. The molecule has 5 fully saturated rings. The molecule has 1 aromatic carbocycles. The molecule has 0 radical (unpaired) electrons. The lowest BCUT2D eigenvalue weighted by Crippen LogP contribution is -2.65. The molecule has 3 aliphatic carbocycles. The molecule has 0 bridgehead atoms. The maximum atomic E-state index is 15.6. The molecule has 2 aliphatic heterocycles. The van der Waals surface area contributed by atoms with Gasteiger partial charge in [-0.1, -0.05) is 110 Å². The number of nitrogens with zero attached hydrogens (tertiary/aromatic N) is 9. The minimum Gasteiger partial charge on any atom is -0.347 e. The number of halogens is 6. The van der Waals surface area contributed by atoms with Crippen LogP contribution in [-0.4, -0.2) is 258 Å². The summed E-state index contributed by atoms with van der Waals surface area (Å²) < 4.78 is 70.6. The van der Waals surface area contributed by atoms with Crippen LogP contribution in [-0.2, 0) is 70.1 Å². The Morgan fingerprint density at radius 2 is 1.28 bits per heavy atom. The fourth-order valence-corrected chi connectivity index (χ4v) is 15.5. The zero-order valence-electron chi connectivity index (χ0n) is 62.0. The van der Waals surface area contributed by atoms with E-state index in [1.165, 1.54) is 92.7 Å². The minimum absolute atomic E-state index is 0.00309. The SMILES string of the molecule is CC[C@H](C)[C@@H]1NC(=O)[C@H](CC(C)C)N(C)C(=O)C[C@@H](C(=O)N(C)C)N(C)C(=O)[C@H](C2CCCC2)N(C)C(=O)C2(CCCC2)NC(=O)[C@H](CCC(F)F)N(C)C(=O)[C@H](CCc2ccc(C(F)(F)F)c(Cl)c2)NC(=O)CN(C)C(=O)[C@H](CC2CCCCC2)N(C)C(=O)C2CCN2C(=O)[C@H](C)N(C)C1=O. The lowest BCUT2D eigenvalue weighted by Gasteiger charge is -2.45. The van der Waals surface area contributed by atoms with E-state index >= 15 is 19.2 Å². The lowest BCUT2D eigenvalue weighted by molar-refractivity contribution is -0.160. The molecule has 1 aromatic rings. The van der Waals surface area contributed by atoms with Crippen molar-refractivity contribution < 1.29 is 79.5 Å². The Morgan fingerprint density at radius 3 is 1.83 bits per heavy atom. The Kier molecular flexibility index (Phi) is 30.0. The zero-order chi connectivity index (χ0) is 76.2. The molecule has 30 heteroatoms. The van der Waals surface area contributed by atoms with Gasteiger partial charge in [-0.25, -0.2) is 8.78 Å². The van der Waals surface area contributed by atoms with Gasteiger partial charge in [0.05, 0.1) is 23.6 Å². The number of nitrogens with one attached hydrogen (secondary N) is 3. The van der Waals surface area contributed by atoms with Gasteiger partial charge in [-0.3, -0.25) is 57.5 Å². The van der Waals surface area contributed by atoms with Crippen LogP contribution in [0.5, 0.6) is 0 Å². The first-order chi connectivity index (χ1) is 47.8. The van der Waals surface area contributed by atoms with E-state index < -0.39 is 192 Å². The highest BCUT2D eigenvalue weighted by atomic mass is 35.5. The van der Waals surface area contributed by atoms with Gasteiger partial charge >= 0.3 is 6.18 Å². The Bertz CT molecular complexity index is 3180. The summed E-state index contributed by atoms with van der Waals surface area (Å²) in [6.45, 7) is 8.10. The van der Waals surface area contributed by atoms with Crippen molar-refractivity contribution in [1.29, 1.82) is 0 Å². The van der Waals surface area contributed by atoms with Crippen molar-refractivity contribution in [3.8, 4) is 0 Å². The number of amides is 12. The summed E-state index contributed by atoms with van der Waals surface area (Å²) >= 11 is 6.13. The number of fused-ring (bicyclic) bond motifs is 1. The average Bonchev–Trinajstić information content (AvgIpc) is 1.66. The van der Waals surface area contributed by atoms with Gasteiger partial charge < -0.3 is 60.0 Å². The van der Waals surface area contributed by atoms with Crippen molar-refractivity contribution in [2.75, 3.05) is 76.5 Å². The maximum Gasteiger partial charge on any atom is 0.417 e. The van der Waals surface area contributed by atoms with E-state index in [0.29, 0.717) is 44.9 Å². The van der Waals surface area contributed by atoms with E-state index in [1.807, 2.05) is 20.8 Å². The van der Waals surface area contributed by atoms with Crippen LogP contribution < -0.4 is 16.0 Å². The summed E-state index contributed by atoms with van der Waals surface area (Å²) in [5.41, 5.74) is -2.74. The predicted molar refractivity (Wildman–Crippen MR) is 371 cm³/mol. The van der Waals surface area contributed by atoms with Crippen LogP contribution in [0.25, 0.3) is 0 Å². The number of alkyl halides is 5. The van der Waals surface area contributed by atoms with E-state index in [1.54, 1.807) is 6.92 Å². The Morgan fingerprint density at radius 1 is 0.676 bits per heavy atom. The molecule has 1 unspecified atom stereocenters. The topological polar surface area (TPSA) is 270 Å². The molecule has 10 atom stereocenters. The summed E-state index contributed by atoms with van der Waals surface area (Å²) in [4.78, 5) is 190. The highest BCUT2D eigenvalue weighted by Gasteiger charge is 2.52. The van der Waals surface area contributed by atoms with Gasteiger partial charge in [0.2, 0.25) is 77.3 Å². The number of aryl methyl sites for hydroxylation is 1. The second kappa shape index (κ2) is 36.5. The van der Waals surface area contributed by atoms with E-state index in [-0.39, 0.29) is 68.9 Å². The van der Waals surface area contributed by atoms with Crippen molar-refractivity contribution in [1.82, 2.24) is 60.0 Å². The van der Waals surface area contributed by atoms with E-state index in [2.05, 4.69) is 16.0 Å². The number of benzene rings is 1. The molecule has 3 N–H and O–H groups in total. The molecule has 12 amide bonds. The van der Waals surface area contributed by atoms with Crippen LogP contribution in [0.15, 0.2) is 18.2 Å². The summed E-state index contributed by atoms with van der Waals surface area (Å²) in [6.07, 6.45) is -2.70. The Hall–Kier alpha value is -7.20. The molecule has 2 saturated heterocycles. The number of carbonyl (C=O) groups excluding carboxylic acids is 12. The second-order valence-electron chi connectivity index (χ2n) is 29.9. The quantitative estimate of drug-likeness (QED) is 0.168. The zero-order valence-corrected chi connectivity index (χ0v) is 62.7. The Labute approximate surface area is 602 Å². The highest BCUT2D eigenvalue weighted by Crippen LogP contribution is 2.39. The summed E-state index contributed by atoms with van der Waals surface area (Å²) in [6, 6.07) is -9.27. The number of rotatable bonds is 14. The van der Waals surface area contributed by atoms with Gasteiger partial charge in [-0.15, -0.1) is 0 Å². The first kappa shape index (κ1) is 83.7. The molecule has 2 heterocycles. The summed E-state index contributed by atoms with van der Waals surface area (Å²) in [5.74, 6) is -10.4. The minimum atomic E-state index is -4.82. The van der Waals surface area contributed by atoms with Gasteiger partial charge in [-0.2, -0.15) is 13.2 Å². The molecule has 102 heavy (non-hydrogen) atoms. The standard InChI is InChI=1S/C72H110ClF5N12O12/c1-15-43(4)59-68(100)84(9)44(5)63(95)90-36-33-52(90)67(99)87(12)54(39-45-23-17-16-18-24-45)66(98)83(8)41-57(91)79-50(30-28-46-27-29-48(49(73)38-46)72(76,77)78)64(96)86(11)51(31-32-56(74)75)62(94)81-71(34-21-22-35-71)70(102)89(14)60(47-25-19-20-26-47)69(101)88(13)55(65(97)82(6)7)40-58(92)85(10)53(37-42(2)3)61(93)80-59/h27,29,38,42-45,47,50-56,59-60H,15-26,28,30-37,39-41H2,1-14H3,(H,79,91)(H,80,93)(H,81,94)/t43-,44-,50-,51-,52?,53-,54-,55-,59-,60-/m0/s1. The van der Waals surface area contributed by atoms with Crippen molar-refractivity contribution in [2.24, 2.45) is 23.7 Å². The number of likely N-dealkylation sites (N-methyl/N-ethyl adjacent to an activating group) is 8. The number of hydrogen-bond donors (Lipinski definition) is 3. The fraction of sp³-hybridized carbons (Fsp3) is 0.750. The van der Waals surface area contributed by atoms with Crippen LogP contribution in [0, 0.1) is 23.7 Å². The van der Waals surface area contributed by atoms with E-state index in [9.17, 15) is 60.3 Å². The monoisotopic (exact) mass is 1460 g/mol. The van der Waals surface area contributed by atoms with Gasteiger partial charge in [0.25, 0.3) is 0 Å². The van der Waals surface area contributed by atoms with Crippen molar-refractivity contribution in [3.05, 3.63) is 34.3 Å². The smallest absolute Gasteiger partial charge is 0.347 e. The second-order valence-corrected chi connectivity index (χ2v) is 30.3. The largest absolute Gasteiger partial charge is 0.417 e. The molecule has 6 rings (SSSR count). The highest BCUT2D eigenvalue weighted by molar-refractivity contribution is 6.31. The Balaban J connectivity index is 1.47. The molecule has 0 aromatic heterocycles. The van der Waals surface area contributed by atoms with Gasteiger partial charge in [0.15, 0.2) is 0 Å². The van der Waals surface area contributed by atoms with Crippen LogP contribution in [0.3, 0.4) is 0 Å². The van der Waals surface area contributed by atoms with Crippen LogP contribution in [0.1, 0.15) is 181 Å². The van der Waals surface area contributed by atoms with Gasteiger partial charge in [-0.05, 0) is 112 Å². The lowest BCUT2D eigenvalue weighted by atomic mass is 9.84. The average molecular weight is 1470 g/mol. The van der Waals surface area contributed by atoms with Gasteiger partial charge in [0, 0.05) is 76.4 Å². The third kappa shape index (κ3) is 20.4. The third-order valence-electron chi connectivity index (χ3n) is 22.1. The van der Waals surface area contributed by atoms with Crippen LogP contribution in [0.4, 0.5) is 22.0 Å². The van der Waals surface area contributed by atoms with E-state index in [4.69, 9.17) is 11.6 Å². The fourth-order valence-electron chi connectivity index (χ4n) is 15.2. The first-order valence-electron chi connectivity index (χ1n) is 36.2. The van der Waals surface area contributed by atoms with E-state index in [0.717, 1.165) is 72.1 Å². The predicted octanol–water partition coefficient (Wildman–Crippen LogP) is 6.52. The van der Waals surface area contributed by atoms with Crippen molar-refractivity contribution >= 4 is 82.5 Å². The molecule has 572 valence electrons. The maximum absolute atomic E-state index is 15.6. The molecular weight excluding hydrogens is 1360 g/mol. The van der Waals surface area contributed by atoms with Crippen LogP contribution >= 0.6 is 11.6 Å². The van der Waals surface area contributed by atoms with Crippen LogP contribution in [0.2, 0.25) is 5.02 Å². The summed E-state index contributed by atoms with van der Waals surface area (Å²) in [5, 5.41) is 7.71. The third-order valence-corrected chi connectivity index (χ3v) is 22.4. The first-order valence-corrected chi connectivity index (χ1v) is 36.6. The van der Waals surface area contributed by atoms with Crippen molar-refractivity contribution in [2.45, 2.75) is 248 Å².